The number of carboxylic acids is 2. The fourth-order valence-corrected chi connectivity index (χ4v) is 2.63. The van der Waals surface area contributed by atoms with Crippen LogP contribution in [0.5, 0.6) is 5.75 Å². The number of hydrogen-bond acceptors (Lipinski definition) is 5. The lowest BCUT2D eigenvalue weighted by Crippen LogP contribution is -2.21. The average Bonchev–Trinajstić information content (AvgIpc) is 2.95. The number of amides is 1. The molecule has 0 saturated heterocycles. The van der Waals surface area contributed by atoms with Crippen molar-refractivity contribution < 1.29 is 29.3 Å². The first-order chi connectivity index (χ1) is 13.4. The number of benzene rings is 2. The summed E-state index contributed by atoms with van der Waals surface area (Å²) in [6.07, 6.45) is 1.59. The third-order valence-corrected chi connectivity index (χ3v) is 3.99. The fraction of sp³-hybridized carbons (Fsp3) is 0.100. The maximum absolute atomic E-state index is 12.8. The zero-order valence-electron chi connectivity index (χ0n) is 14.8. The topological polar surface area (TPSA) is 117 Å². The lowest BCUT2D eigenvalue weighted by Gasteiger charge is -2.12. The van der Waals surface area contributed by atoms with Crippen molar-refractivity contribution in [2.24, 2.45) is 5.10 Å². The number of carboxylic acid groups (broad SMARTS) is 2. The molecule has 1 aliphatic rings. The van der Waals surface area contributed by atoms with Gasteiger partial charge in [-0.05, 0) is 43.3 Å². The van der Waals surface area contributed by atoms with Gasteiger partial charge in [-0.15, -0.1) is 0 Å². The molecule has 0 spiro atoms. The van der Waals surface area contributed by atoms with Crippen LogP contribution in [0.15, 0.2) is 59.2 Å². The number of carbonyl (C=O) groups excluding carboxylic acids is 1. The Balaban J connectivity index is 1.89. The summed E-state index contributed by atoms with van der Waals surface area (Å²) in [5, 5.41) is 23.2. The van der Waals surface area contributed by atoms with Crippen molar-refractivity contribution in [1.82, 2.24) is 0 Å². The number of carbonyl (C=O) groups is 3. The molecule has 0 bridgehead atoms. The van der Waals surface area contributed by atoms with Gasteiger partial charge >= 0.3 is 11.9 Å². The van der Waals surface area contributed by atoms with Crippen molar-refractivity contribution in [2.75, 3.05) is 11.6 Å². The van der Waals surface area contributed by atoms with Gasteiger partial charge in [-0.25, -0.2) is 9.59 Å². The predicted octanol–water partition coefficient (Wildman–Crippen LogP) is 2.65. The molecule has 142 valence electrons. The van der Waals surface area contributed by atoms with Gasteiger partial charge in [0.25, 0.3) is 5.91 Å². The van der Waals surface area contributed by atoms with Gasteiger partial charge < -0.3 is 14.9 Å². The van der Waals surface area contributed by atoms with Crippen LogP contribution in [-0.4, -0.2) is 40.4 Å². The normalized spacial score (nSPS) is 14.9. The summed E-state index contributed by atoms with van der Waals surface area (Å²) in [4.78, 5) is 34.5. The van der Waals surface area contributed by atoms with Crippen LogP contribution in [0.1, 0.15) is 22.8 Å². The highest BCUT2D eigenvalue weighted by atomic mass is 16.5. The number of anilines is 1. The lowest BCUT2D eigenvalue weighted by molar-refractivity contribution is -0.139. The highest BCUT2D eigenvalue weighted by molar-refractivity contribution is 6.32. The van der Waals surface area contributed by atoms with Gasteiger partial charge in [-0.2, -0.15) is 10.1 Å². The van der Waals surface area contributed by atoms with E-state index in [1.807, 2.05) is 0 Å². The quantitative estimate of drug-likeness (QED) is 0.744. The molecule has 1 aliphatic heterocycles. The number of aromatic carboxylic acids is 1. The second-order valence-electron chi connectivity index (χ2n) is 5.93. The van der Waals surface area contributed by atoms with E-state index < -0.39 is 18.5 Å². The number of hydrogen-bond donors (Lipinski definition) is 2. The largest absolute Gasteiger partial charge is 0.481 e. The van der Waals surface area contributed by atoms with Crippen molar-refractivity contribution >= 4 is 35.3 Å². The van der Waals surface area contributed by atoms with Gasteiger partial charge in [0, 0.05) is 5.56 Å². The molecule has 8 nitrogen and oxygen atoms in total. The van der Waals surface area contributed by atoms with Crippen molar-refractivity contribution in [3.8, 4) is 5.75 Å². The van der Waals surface area contributed by atoms with Crippen molar-refractivity contribution in [3.63, 3.8) is 0 Å². The first-order valence-electron chi connectivity index (χ1n) is 8.25. The average molecular weight is 380 g/mol. The second-order valence-corrected chi connectivity index (χ2v) is 5.93. The molecular weight excluding hydrogens is 364 g/mol. The molecule has 1 heterocycles. The number of ether oxygens (including phenoxy) is 1. The Morgan fingerprint density at radius 3 is 2.43 bits per heavy atom. The highest BCUT2D eigenvalue weighted by Crippen LogP contribution is 2.28. The summed E-state index contributed by atoms with van der Waals surface area (Å²) in [6, 6.07) is 12.6. The summed E-state index contributed by atoms with van der Waals surface area (Å²) in [5.41, 5.74) is 1.89. The Labute approximate surface area is 160 Å². The van der Waals surface area contributed by atoms with E-state index in [9.17, 15) is 14.4 Å². The molecule has 0 radical (unpaired) electrons. The maximum Gasteiger partial charge on any atom is 0.341 e. The summed E-state index contributed by atoms with van der Waals surface area (Å²) in [7, 11) is 0. The predicted molar refractivity (Wildman–Crippen MR) is 102 cm³/mol. The molecule has 2 aromatic carbocycles. The zero-order chi connectivity index (χ0) is 20.3. The molecule has 0 atom stereocenters. The summed E-state index contributed by atoms with van der Waals surface area (Å²) < 4.78 is 5.26. The van der Waals surface area contributed by atoms with Gasteiger partial charge in [0.15, 0.2) is 6.61 Å². The summed E-state index contributed by atoms with van der Waals surface area (Å²) in [5.74, 6) is -2.21. The Hall–Kier alpha value is -3.94. The number of aliphatic carboxylic acids is 1. The van der Waals surface area contributed by atoms with Crippen molar-refractivity contribution in [2.45, 2.75) is 6.92 Å². The summed E-state index contributed by atoms with van der Waals surface area (Å²) in [6.45, 7) is 1.18. The van der Waals surface area contributed by atoms with Crippen LogP contribution in [0, 0.1) is 0 Å². The van der Waals surface area contributed by atoms with Crippen LogP contribution < -0.4 is 9.75 Å². The van der Waals surface area contributed by atoms with E-state index >= 15 is 0 Å². The third-order valence-electron chi connectivity index (χ3n) is 3.99. The van der Waals surface area contributed by atoms with Gasteiger partial charge in [0.2, 0.25) is 0 Å². The zero-order valence-corrected chi connectivity index (χ0v) is 14.8. The number of rotatable bonds is 6. The van der Waals surface area contributed by atoms with E-state index in [1.165, 1.54) is 29.3 Å². The highest BCUT2D eigenvalue weighted by Gasteiger charge is 2.29. The monoisotopic (exact) mass is 380 g/mol. The Bertz CT molecular complexity index is 1010. The molecule has 1 amide bonds. The number of para-hydroxylation sites is 1. The van der Waals surface area contributed by atoms with Crippen molar-refractivity contribution in [3.05, 3.63) is 65.2 Å². The first-order valence-corrected chi connectivity index (χ1v) is 8.25. The van der Waals surface area contributed by atoms with E-state index in [2.05, 4.69) is 5.10 Å². The van der Waals surface area contributed by atoms with E-state index in [4.69, 9.17) is 14.9 Å². The van der Waals surface area contributed by atoms with Crippen LogP contribution in [0.3, 0.4) is 0 Å². The van der Waals surface area contributed by atoms with Gasteiger partial charge in [0.05, 0.1) is 22.5 Å². The molecule has 0 aliphatic carbocycles. The van der Waals surface area contributed by atoms with Crippen LogP contribution >= 0.6 is 0 Å². The summed E-state index contributed by atoms with van der Waals surface area (Å²) >= 11 is 0. The second kappa shape index (κ2) is 7.75. The van der Waals surface area contributed by atoms with Gasteiger partial charge in [0.1, 0.15) is 5.75 Å². The SMILES string of the molecule is CC1=NN(c2ccc(C(=O)O)cc2)C(=O)C1=Cc1ccccc1OCC(=O)O. The Morgan fingerprint density at radius 1 is 1.11 bits per heavy atom. The van der Waals surface area contributed by atoms with Crippen LogP contribution in [0.4, 0.5) is 5.69 Å². The van der Waals surface area contributed by atoms with E-state index in [0.717, 1.165) is 0 Å². The number of nitrogens with zero attached hydrogens (tertiary/aromatic N) is 2. The number of hydrazone groups is 1. The van der Waals surface area contributed by atoms with Crippen molar-refractivity contribution in [1.29, 1.82) is 0 Å². The lowest BCUT2D eigenvalue weighted by atomic mass is 10.1. The van der Waals surface area contributed by atoms with E-state index in [1.54, 1.807) is 37.3 Å². The molecule has 28 heavy (non-hydrogen) atoms. The standard InChI is InChI=1S/C20H16N2O6/c1-12-16(10-14-4-2-3-5-17(14)28-11-18(23)24)19(25)22(21-12)15-8-6-13(7-9-15)20(26)27/h2-10H,11H2,1H3,(H,23,24)(H,26,27). The van der Waals surface area contributed by atoms with Crippen LogP contribution in [0.2, 0.25) is 0 Å². The van der Waals surface area contributed by atoms with Crippen LogP contribution in [-0.2, 0) is 9.59 Å². The molecular formula is C20H16N2O6. The molecule has 2 aromatic rings. The fourth-order valence-electron chi connectivity index (χ4n) is 2.63. The van der Waals surface area contributed by atoms with E-state index in [0.29, 0.717) is 28.3 Å². The minimum Gasteiger partial charge on any atom is -0.481 e. The Kier molecular flexibility index (Phi) is 5.21. The molecule has 0 saturated carbocycles. The third kappa shape index (κ3) is 3.90. The smallest absolute Gasteiger partial charge is 0.341 e. The van der Waals surface area contributed by atoms with Gasteiger partial charge in [-0.1, -0.05) is 18.2 Å². The molecule has 0 aromatic heterocycles. The molecule has 2 N–H and O–H groups in total. The van der Waals surface area contributed by atoms with E-state index in [-0.39, 0.29) is 11.5 Å². The molecule has 3 rings (SSSR count). The Morgan fingerprint density at radius 2 is 1.79 bits per heavy atom. The first kappa shape index (κ1) is 18.8. The maximum atomic E-state index is 12.8. The van der Waals surface area contributed by atoms with Crippen LogP contribution in [0.25, 0.3) is 6.08 Å². The minimum atomic E-state index is -1.10. The van der Waals surface area contributed by atoms with Gasteiger partial charge in [-0.3, -0.25) is 4.79 Å². The molecule has 0 unspecified atom stereocenters. The molecule has 0 fully saturated rings. The molecule has 8 heteroatoms. The minimum absolute atomic E-state index is 0.108.